The number of carbonyl (C=O) groups excluding carboxylic acids is 1. The smallest absolute Gasteiger partial charge is 0.259 e. The van der Waals surface area contributed by atoms with Crippen LogP contribution in [0.2, 0.25) is 0 Å². The number of halogens is 1. The van der Waals surface area contributed by atoms with Crippen LogP contribution in [0.3, 0.4) is 0 Å². The minimum absolute atomic E-state index is 0.0460. The van der Waals surface area contributed by atoms with Crippen molar-refractivity contribution in [3.63, 3.8) is 0 Å². The maximum Gasteiger partial charge on any atom is 0.259 e. The molecule has 1 aromatic carbocycles. The van der Waals surface area contributed by atoms with E-state index in [9.17, 15) is 9.59 Å². The zero-order chi connectivity index (χ0) is 19.7. The molecule has 0 aliphatic heterocycles. The monoisotopic (exact) mass is 449 g/mol. The number of nitrogens with zero attached hydrogens (tertiary/aromatic N) is 2. The number of aromatic nitrogens is 2. The fraction of sp³-hybridized carbons (Fsp3) is 0.316. The minimum Gasteiger partial charge on any atom is -0.496 e. The van der Waals surface area contributed by atoms with Crippen LogP contribution in [0.1, 0.15) is 33.5 Å². The summed E-state index contributed by atoms with van der Waals surface area (Å²) in [5, 5.41) is 0.505. The molecule has 0 fully saturated rings. The van der Waals surface area contributed by atoms with Gasteiger partial charge in [0.1, 0.15) is 16.4 Å². The highest BCUT2D eigenvalue weighted by Gasteiger charge is 2.17. The van der Waals surface area contributed by atoms with Crippen LogP contribution in [0.4, 0.5) is 0 Å². The quantitative estimate of drug-likeness (QED) is 0.577. The van der Waals surface area contributed by atoms with Gasteiger partial charge in [0.05, 0.1) is 23.9 Å². The standard InChI is InChI=1S/C19H20BrN3O3S/c1-10-16-18(25)21-15(22-19(16)27-17(10)11(2)24)9-23(3)8-12-7-13(20)5-6-14(12)26-4/h5-7H,8-9H2,1-4H3,(H,21,22,25). The van der Waals surface area contributed by atoms with Gasteiger partial charge in [-0.2, -0.15) is 0 Å². The Morgan fingerprint density at radius 1 is 1.37 bits per heavy atom. The lowest BCUT2D eigenvalue weighted by Crippen LogP contribution is -2.22. The topological polar surface area (TPSA) is 75.3 Å². The molecule has 6 nitrogen and oxygen atoms in total. The Kier molecular flexibility index (Phi) is 5.78. The van der Waals surface area contributed by atoms with E-state index < -0.39 is 0 Å². The van der Waals surface area contributed by atoms with Crippen LogP contribution in [0.25, 0.3) is 10.2 Å². The molecule has 2 aromatic heterocycles. The number of aryl methyl sites for hydroxylation is 1. The van der Waals surface area contributed by atoms with Gasteiger partial charge in [-0.1, -0.05) is 15.9 Å². The zero-order valence-electron chi connectivity index (χ0n) is 15.6. The number of benzene rings is 1. The summed E-state index contributed by atoms with van der Waals surface area (Å²) in [6.45, 7) is 4.39. The molecular formula is C19H20BrN3O3S. The van der Waals surface area contributed by atoms with Crippen molar-refractivity contribution < 1.29 is 9.53 Å². The Bertz CT molecular complexity index is 1070. The first-order valence-electron chi connectivity index (χ1n) is 8.34. The van der Waals surface area contributed by atoms with Crippen LogP contribution < -0.4 is 10.3 Å². The second-order valence-electron chi connectivity index (χ2n) is 6.43. The van der Waals surface area contributed by atoms with Gasteiger partial charge >= 0.3 is 0 Å². The number of aromatic amines is 1. The van der Waals surface area contributed by atoms with Gasteiger partial charge in [0, 0.05) is 16.6 Å². The molecule has 0 unspecified atom stereocenters. The van der Waals surface area contributed by atoms with Gasteiger partial charge < -0.3 is 9.72 Å². The summed E-state index contributed by atoms with van der Waals surface area (Å²) in [6.07, 6.45) is 0. The van der Waals surface area contributed by atoms with Gasteiger partial charge in [-0.05, 0) is 44.7 Å². The number of hydrogen-bond donors (Lipinski definition) is 1. The molecule has 2 heterocycles. The van der Waals surface area contributed by atoms with Crippen molar-refractivity contribution in [3.05, 3.63) is 54.9 Å². The van der Waals surface area contributed by atoms with E-state index in [1.807, 2.05) is 30.1 Å². The molecule has 0 radical (unpaired) electrons. The highest BCUT2D eigenvalue weighted by Crippen LogP contribution is 2.28. The number of carbonyl (C=O) groups is 1. The number of fused-ring (bicyclic) bond motifs is 1. The molecule has 3 aromatic rings. The first-order chi connectivity index (χ1) is 12.8. The molecule has 27 heavy (non-hydrogen) atoms. The number of ether oxygens (including phenoxy) is 1. The summed E-state index contributed by atoms with van der Waals surface area (Å²) in [6, 6.07) is 5.86. The molecule has 0 bridgehead atoms. The SMILES string of the molecule is COc1ccc(Br)cc1CN(C)Cc1nc2sc(C(C)=O)c(C)c2c(=O)[nH]1. The first-order valence-corrected chi connectivity index (χ1v) is 9.95. The van der Waals surface area contributed by atoms with Crippen molar-refractivity contribution in [1.82, 2.24) is 14.9 Å². The van der Waals surface area contributed by atoms with E-state index in [1.165, 1.54) is 18.3 Å². The van der Waals surface area contributed by atoms with Crippen LogP contribution in [-0.2, 0) is 13.1 Å². The molecule has 1 N–H and O–H groups in total. The van der Waals surface area contributed by atoms with E-state index in [2.05, 4.69) is 25.9 Å². The van der Waals surface area contributed by atoms with Gasteiger partial charge in [0.15, 0.2) is 5.78 Å². The lowest BCUT2D eigenvalue weighted by Gasteiger charge is -2.18. The highest BCUT2D eigenvalue weighted by atomic mass is 79.9. The van der Waals surface area contributed by atoms with E-state index in [0.717, 1.165) is 15.8 Å². The zero-order valence-corrected chi connectivity index (χ0v) is 18.0. The van der Waals surface area contributed by atoms with Gasteiger partial charge in [-0.15, -0.1) is 11.3 Å². The van der Waals surface area contributed by atoms with E-state index in [-0.39, 0.29) is 11.3 Å². The Morgan fingerprint density at radius 2 is 2.11 bits per heavy atom. The van der Waals surface area contributed by atoms with Gasteiger partial charge in [-0.25, -0.2) is 4.98 Å². The Balaban J connectivity index is 1.87. The van der Waals surface area contributed by atoms with Crippen LogP contribution >= 0.6 is 27.3 Å². The number of rotatable bonds is 6. The molecule has 0 amide bonds. The second-order valence-corrected chi connectivity index (χ2v) is 8.35. The van der Waals surface area contributed by atoms with Crippen molar-refractivity contribution in [2.24, 2.45) is 0 Å². The Labute approximate surface area is 169 Å². The highest BCUT2D eigenvalue weighted by molar-refractivity contribution is 9.10. The Hall–Kier alpha value is -2.03. The predicted octanol–water partition coefficient (Wildman–Crippen LogP) is 3.90. The number of nitrogens with one attached hydrogen (secondary N) is 1. The van der Waals surface area contributed by atoms with Gasteiger partial charge in [0.25, 0.3) is 5.56 Å². The molecule has 142 valence electrons. The number of hydrogen-bond acceptors (Lipinski definition) is 6. The number of Topliss-reactive ketones (excluding diaryl/α,β-unsaturated/α-hetero) is 1. The lowest BCUT2D eigenvalue weighted by molar-refractivity contribution is 0.102. The summed E-state index contributed by atoms with van der Waals surface area (Å²) in [7, 11) is 3.59. The molecule has 0 aliphatic carbocycles. The maximum atomic E-state index is 12.5. The summed E-state index contributed by atoms with van der Waals surface area (Å²) in [4.78, 5) is 34.9. The molecule has 8 heteroatoms. The van der Waals surface area contributed by atoms with E-state index in [4.69, 9.17) is 4.74 Å². The van der Waals surface area contributed by atoms with Crippen molar-refractivity contribution in [1.29, 1.82) is 0 Å². The van der Waals surface area contributed by atoms with E-state index in [0.29, 0.717) is 39.6 Å². The third-order valence-electron chi connectivity index (χ3n) is 4.27. The van der Waals surface area contributed by atoms with Crippen molar-refractivity contribution >= 4 is 43.3 Å². The van der Waals surface area contributed by atoms with E-state index in [1.54, 1.807) is 14.0 Å². The fourth-order valence-corrected chi connectivity index (χ4v) is 4.58. The molecular weight excluding hydrogens is 430 g/mol. The summed E-state index contributed by atoms with van der Waals surface area (Å²) in [5.41, 5.74) is 1.53. The third kappa shape index (κ3) is 4.12. The van der Waals surface area contributed by atoms with Crippen LogP contribution in [0, 0.1) is 6.92 Å². The molecule has 0 atom stereocenters. The summed E-state index contributed by atoms with van der Waals surface area (Å²) < 4.78 is 6.39. The molecule has 0 aliphatic rings. The number of H-pyrrole nitrogens is 1. The van der Waals surface area contributed by atoms with E-state index >= 15 is 0 Å². The number of methoxy groups -OCH3 is 1. The summed E-state index contributed by atoms with van der Waals surface area (Å²) >= 11 is 4.75. The number of ketones is 1. The average molecular weight is 450 g/mol. The van der Waals surface area contributed by atoms with Gasteiger partial charge in [-0.3, -0.25) is 14.5 Å². The first kappa shape index (κ1) is 19.7. The summed E-state index contributed by atoms with van der Waals surface area (Å²) in [5.74, 6) is 1.33. The van der Waals surface area contributed by atoms with Crippen molar-refractivity contribution in [3.8, 4) is 5.75 Å². The minimum atomic E-state index is -0.204. The Morgan fingerprint density at radius 3 is 2.78 bits per heavy atom. The lowest BCUT2D eigenvalue weighted by atomic mass is 10.2. The second kappa shape index (κ2) is 7.92. The normalized spacial score (nSPS) is 11.3. The van der Waals surface area contributed by atoms with Gasteiger partial charge in [0.2, 0.25) is 0 Å². The third-order valence-corrected chi connectivity index (χ3v) is 6.05. The largest absolute Gasteiger partial charge is 0.496 e. The molecule has 0 spiro atoms. The maximum absolute atomic E-state index is 12.5. The average Bonchev–Trinajstić information content (AvgIpc) is 2.92. The molecule has 0 saturated carbocycles. The van der Waals surface area contributed by atoms with Crippen molar-refractivity contribution in [2.45, 2.75) is 26.9 Å². The van der Waals surface area contributed by atoms with Crippen LogP contribution in [0.15, 0.2) is 27.5 Å². The molecule has 3 rings (SSSR count). The number of thiophene rings is 1. The van der Waals surface area contributed by atoms with Crippen LogP contribution in [-0.4, -0.2) is 34.8 Å². The molecule has 0 saturated heterocycles. The van der Waals surface area contributed by atoms with Crippen molar-refractivity contribution in [2.75, 3.05) is 14.2 Å². The van der Waals surface area contributed by atoms with Crippen LogP contribution in [0.5, 0.6) is 5.75 Å². The fourth-order valence-electron chi connectivity index (χ4n) is 3.07. The predicted molar refractivity (Wildman–Crippen MR) is 111 cm³/mol.